The maximum Gasteiger partial charge on any atom is 0.277 e. The predicted molar refractivity (Wildman–Crippen MR) is 136 cm³/mol. The van der Waals surface area contributed by atoms with Gasteiger partial charge in [-0.2, -0.15) is 0 Å². The van der Waals surface area contributed by atoms with Gasteiger partial charge < -0.3 is 4.74 Å². The summed E-state index contributed by atoms with van der Waals surface area (Å²) in [4.78, 5) is 10.4. The standard InChI is InChI=1S/C16H34O.C12H9NO2/c1-3-5-7-9-11-13-15-17-16-14-12-10-8-6-4-2;14-13(15)12-9-5-4-8-11(12)10-6-2-1-3-7-10/h3-16H2,1-2H3;1-9H. The van der Waals surface area contributed by atoms with Crippen LogP contribution in [0, 0.1) is 10.1 Å². The quantitative estimate of drug-likeness (QED) is 0.148. The van der Waals surface area contributed by atoms with E-state index >= 15 is 0 Å². The molecule has 178 valence electrons. The molecular weight excluding hydrogens is 398 g/mol. The molecule has 0 unspecified atom stereocenters. The minimum atomic E-state index is -0.359. The second-order valence-corrected chi connectivity index (χ2v) is 8.29. The van der Waals surface area contributed by atoms with Gasteiger partial charge in [0.1, 0.15) is 0 Å². The number of nitrogens with zero attached hydrogens (tertiary/aromatic N) is 1. The van der Waals surface area contributed by atoms with E-state index in [1.807, 2.05) is 30.3 Å². The van der Waals surface area contributed by atoms with Crippen LogP contribution in [-0.2, 0) is 4.74 Å². The molecular formula is C28H43NO3. The van der Waals surface area contributed by atoms with Crippen LogP contribution in [0.1, 0.15) is 90.9 Å². The third kappa shape index (κ3) is 13.3. The Labute approximate surface area is 195 Å². The van der Waals surface area contributed by atoms with Crippen LogP contribution >= 0.6 is 0 Å². The highest BCUT2D eigenvalue weighted by Gasteiger charge is 2.12. The number of benzene rings is 2. The minimum Gasteiger partial charge on any atom is -0.381 e. The van der Waals surface area contributed by atoms with Gasteiger partial charge in [0.15, 0.2) is 0 Å². The number of hydrogen-bond acceptors (Lipinski definition) is 3. The summed E-state index contributed by atoms with van der Waals surface area (Å²) >= 11 is 0. The Bertz CT molecular complexity index is 689. The molecule has 4 heteroatoms. The van der Waals surface area contributed by atoms with E-state index in [0.29, 0.717) is 5.56 Å². The molecule has 0 N–H and O–H groups in total. The molecule has 0 aliphatic rings. The molecule has 0 aromatic heterocycles. The van der Waals surface area contributed by atoms with Crippen LogP contribution in [0.15, 0.2) is 54.6 Å². The summed E-state index contributed by atoms with van der Waals surface area (Å²) in [6.07, 6.45) is 16.3. The summed E-state index contributed by atoms with van der Waals surface area (Å²) < 4.78 is 5.65. The van der Waals surface area contributed by atoms with E-state index in [1.165, 1.54) is 83.1 Å². The minimum absolute atomic E-state index is 0.142. The van der Waals surface area contributed by atoms with Crippen molar-refractivity contribution in [1.29, 1.82) is 0 Å². The van der Waals surface area contributed by atoms with Crippen molar-refractivity contribution in [2.24, 2.45) is 0 Å². The molecule has 0 aliphatic carbocycles. The lowest BCUT2D eigenvalue weighted by Gasteiger charge is -2.04. The van der Waals surface area contributed by atoms with Crippen molar-refractivity contribution in [3.05, 3.63) is 64.7 Å². The largest absolute Gasteiger partial charge is 0.381 e. The number of para-hydroxylation sites is 1. The first-order chi connectivity index (χ1) is 15.7. The maximum atomic E-state index is 10.8. The van der Waals surface area contributed by atoms with Crippen LogP contribution in [0.3, 0.4) is 0 Å². The Kier molecular flexibility index (Phi) is 16.9. The fourth-order valence-electron chi connectivity index (χ4n) is 3.57. The number of ether oxygens (including phenoxy) is 1. The molecule has 32 heavy (non-hydrogen) atoms. The van der Waals surface area contributed by atoms with Gasteiger partial charge in [-0.15, -0.1) is 0 Å². The number of nitro groups is 1. The fraction of sp³-hybridized carbons (Fsp3) is 0.571. The SMILES string of the molecule is CCCCCCCCOCCCCCCCC.O=[N+]([O-])c1ccccc1-c1ccccc1. The molecule has 4 nitrogen and oxygen atoms in total. The normalized spacial score (nSPS) is 10.4. The van der Waals surface area contributed by atoms with Crippen molar-refractivity contribution >= 4 is 5.69 Å². The van der Waals surface area contributed by atoms with Gasteiger partial charge in [0.25, 0.3) is 5.69 Å². The Morgan fingerprint density at radius 2 is 1.12 bits per heavy atom. The van der Waals surface area contributed by atoms with Gasteiger partial charge in [-0.05, 0) is 24.5 Å². The first-order valence-corrected chi connectivity index (χ1v) is 12.6. The average molecular weight is 442 g/mol. The van der Waals surface area contributed by atoms with E-state index in [-0.39, 0.29) is 10.6 Å². The van der Waals surface area contributed by atoms with E-state index in [9.17, 15) is 10.1 Å². The Morgan fingerprint density at radius 3 is 1.66 bits per heavy atom. The molecule has 0 radical (unpaired) electrons. The predicted octanol–water partition coefficient (Wildman–Crippen LogP) is 8.99. The van der Waals surface area contributed by atoms with Crippen LogP contribution < -0.4 is 0 Å². The van der Waals surface area contributed by atoms with E-state index in [4.69, 9.17) is 4.74 Å². The fourth-order valence-corrected chi connectivity index (χ4v) is 3.57. The summed E-state index contributed by atoms with van der Waals surface area (Å²) in [6, 6.07) is 16.1. The second-order valence-electron chi connectivity index (χ2n) is 8.29. The number of rotatable bonds is 16. The van der Waals surface area contributed by atoms with E-state index in [0.717, 1.165) is 18.8 Å². The Morgan fingerprint density at radius 1 is 0.656 bits per heavy atom. The summed E-state index contributed by atoms with van der Waals surface area (Å²) in [7, 11) is 0. The third-order valence-corrected chi connectivity index (χ3v) is 5.47. The summed E-state index contributed by atoms with van der Waals surface area (Å²) in [5, 5.41) is 10.8. The van der Waals surface area contributed by atoms with E-state index in [2.05, 4.69) is 13.8 Å². The van der Waals surface area contributed by atoms with Gasteiger partial charge in [-0.25, -0.2) is 0 Å². The van der Waals surface area contributed by atoms with Crippen LogP contribution in [-0.4, -0.2) is 18.1 Å². The lowest BCUT2D eigenvalue weighted by Crippen LogP contribution is -1.97. The molecule has 0 amide bonds. The van der Waals surface area contributed by atoms with Crippen molar-refractivity contribution in [1.82, 2.24) is 0 Å². The zero-order valence-corrected chi connectivity index (χ0v) is 20.3. The molecule has 0 bridgehead atoms. The van der Waals surface area contributed by atoms with E-state index in [1.54, 1.807) is 18.2 Å². The molecule has 0 aliphatic heterocycles. The van der Waals surface area contributed by atoms with Crippen molar-refractivity contribution in [2.75, 3.05) is 13.2 Å². The van der Waals surface area contributed by atoms with Gasteiger partial charge in [0.2, 0.25) is 0 Å². The number of nitro benzene ring substituents is 1. The first kappa shape index (κ1) is 27.8. The second kappa shape index (κ2) is 19.5. The summed E-state index contributed by atoms with van der Waals surface area (Å²) in [5.74, 6) is 0. The van der Waals surface area contributed by atoms with Gasteiger partial charge in [-0.3, -0.25) is 10.1 Å². The summed E-state index contributed by atoms with van der Waals surface area (Å²) in [6.45, 7) is 6.51. The van der Waals surface area contributed by atoms with Crippen molar-refractivity contribution in [3.8, 4) is 11.1 Å². The highest BCUT2D eigenvalue weighted by atomic mass is 16.6. The molecule has 0 heterocycles. The Balaban J connectivity index is 0.000000321. The van der Waals surface area contributed by atoms with Crippen LogP contribution in [0.25, 0.3) is 11.1 Å². The molecule has 2 aromatic rings. The smallest absolute Gasteiger partial charge is 0.277 e. The number of hydrogen-bond donors (Lipinski definition) is 0. The number of unbranched alkanes of at least 4 members (excludes halogenated alkanes) is 10. The first-order valence-electron chi connectivity index (χ1n) is 12.6. The van der Waals surface area contributed by atoms with Gasteiger partial charge in [0.05, 0.1) is 10.5 Å². The average Bonchev–Trinajstić information content (AvgIpc) is 2.83. The topological polar surface area (TPSA) is 52.4 Å². The van der Waals surface area contributed by atoms with Gasteiger partial charge >= 0.3 is 0 Å². The summed E-state index contributed by atoms with van der Waals surface area (Å²) in [5.41, 5.74) is 1.66. The van der Waals surface area contributed by atoms with Crippen LogP contribution in [0.2, 0.25) is 0 Å². The monoisotopic (exact) mass is 441 g/mol. The van der Waals surface area contributed by atoms with Gasteiger partial charge in [-0.1, -0.05) is 121 Å². The zero-order chi connectivity index (χ0) is 23.3. The molecule has 2 rings (SSSR count). The molecule has 0 saturated carbocycles. The van der Waals surface area contributed by atoms with Crippen LogP contribution in [0.4, 0.5) is 5.69 Å². The van der Waals surface area contributed by atoms with Gasteiger partial charge in [0, 0.05) is 19.3 Å². The Hall–Kier alpha value is -2.20. The zero-order valence-electron chi connectivity index (χ0n) is 20.3. The molecule has 0 spiro atoms. The molecule has 2 aromatic carbocycles. The lowest BCUT2D eigenvalue weighted by atomic mass is 10.0. The lowest BCUT2D eigenvalue weighted by molar-refractivity contribution is -0.384. The highest BCUT2D eigenvalue weighted by Crippen LogP contribution is 2.28. The van der Waals surface area contributed by atoms with Crippen LogP contribution in [0.5, 0.6) is 0 Å². The van der Waals surface area contributed by atoms with E-state index < -0.39 is 0 Å². The van der Waals surface area contributed by atoms with Crippen molar-refractivity contribution in [3.63, 3.8) is 0 Å². The molecule has 0 saturated heterocycles. The molecule has 0 atom stereocenters. The van der Waals surface area contributed by atoms with Crippen molar-refractivity contribution in [2.45, 2.75) is 90.9 Å². The molecule has 0 fully saturated rings. The van der Waals surface area contributed by atoms with Crippen molar-refractivity contribution < 1.29 is 9.66 Å². The third-order valence-electron chi connectivity index (χ3n) is 5.47. The highest BCUT2D eigenvalue weighted by molar-refractivity contribution is 5.73. The maximum absolute atomic E-state index is 10.8.